The Morgan fingerprint density at radius 3 is 2.41 bits per heavy atom. The van der Waals surface area contributed by atoms with Crippen LogP contribution in [0.4, 0.5) is 10.5 Å². The number of ether oxygens (including phenoxy) is 3. The molecule has 1 fully saturated rings. The van der Waals surface area contributed by atoms with Gasteiger partial charge in [0, 0.05) is 22.2 Å². The van der Waals surface area contributed by atoms with E-state index >= 15 is 0 Å². The van der Waals surface area contributed by atoms with Crippen molar-refractivity contribution in [3.05, 3.63) is 101 Å². The number of hydrogen-bond acceptors (Lipinski definition) is 6. The molecule has 1 aliphatic rings. The molecule has 0 aromatic heterocycles. The number of benzene rings is 3. The summed E-state index contributed by atoms with van der Waals surface area (Å²) in [5, 5.41) is 2.80. The van der Waals surface area contributed by atoms with Crippen molar-refractivity contribution in [3.8, 4) is 17.2 Å². The maximum Gasteiger partial charge on any atom is 0.335 e. The fourth-order valence-electron chi connectivity index (χ4n) is 3.55. The van der Waals surface area contributed by atoms with Crippen LogP contribution in [0.15, 0.2) is 85.0 Å². The number of rotatable bonds is 9. The second-order valence-electron chi connectivity index (χ2n) is 7.84. The summed E-state index contributed by atoms with van der Waals surface area (Å²) in [5.74, 6) is -0.145. The molecule has 0 radical (unpaired) electrons. The number of imide groups is 2. The first-order valence-electron chi connectivity index (χ1n) is 11.2. The largest absolute Gasteiger partial charge is 0.497 e. The average molecular weight is 519 g/mol. The van der Waals surface area contributed by atoms with Crippen LogP contribution in [-0.2, 0) is 16.2 Å². The van der Waals surface area contributed by atoms with E-state index in [9.17, 15) is 14.4 Å². The minimum atomic E-state index is -0.852. The zero-order valence-corrected chi connectivity index (χ0v) is 20.7. The van der Waals surface area contributed by atoms with Gasteiger partial charge in [-0.1, -0.05) is 42.5 Å². The Hall–Kier alpha value is -4.56. The number of methoxy groups -OCH3 is 1. The molecular weight excluding hydrogens is 496 g/mol. The lowest BCUT2D eigenvalue weighted by Crippen LogP contribution is -2.54. The van der Waals surface area contributed by atoms with E-state index in [2.05, 4.69) is 11.9 Å². The maximum atomic E-state index is 13.3. The molecule has 3 aromatic rings. The molecule has 0 aliphatic carbocycles. The topological polar surface area (TPSA) is 94.2 Å². The molecule has 0 bridgehead atoms. The lowest BCUT2D eigenvalue weighted by molar-refractivity contribution is -0.122. The predicted molar refractivity (Wildman–Crippen MR) is 140 cm³/mol. The second-order valence-corrected chi connectivity index (χ2v) is 8.24. The van der Waals surface area contributed by atoms with Crippen molar-refractivity contribution in [1.29, 1.82) is 0 Å². The molecule has 188 valence electrons. The van der Waals surface area contributed by atoms with Gasteiger partial charge in [-0.25, -0.2) is 9.69 Å². The van der Waals surface area contributed by atoms with Crippen LogP contribution >= 0.6 is 11.6 Å². The van der Waals surface area contributed by atoms with E-state index in [-0.39, 0.29) is 24.5 Å². The van der Waals surface area contributed by atoms with E-state index in [1.165, 1.54) is 13.2 Å². The highest BCUT2D eigenvalue weighted by Crippen LogP contribution is 2.29. The van der Waals surface area contributed by atoms with Crippen LogP contribution < -0.4 is 24.4 Å². The van der Waals surface area contributed by atoms with Crippen molar-refractivity contribution in [2.24, 2.45) is 0 Å². The molecule has 1 saturated heterocycles. The number of amides is 4. The summed E-state index contributed by atoms with van der Waals surface area (Å²) in [6, 6.07) is 17.8. The highest BCUT2D eigenvalue weighted by Gasteiger charge is 2.37. The Bertz CT molecular complexity index is 1380. The number of carbonyl (C=O) groups excluding carboxylic acids is 3. The van der Waals surface area contributed by atoms with E-state index in [0.29, 0.717) is 27.8 Å². The molecular formula is C28H23ClN2O6. The van der Waals surface area contributed by atoms with Crippen molar-refractivity contribution in [2.75, 3.05) is 18.6 Å². The monoisotopic (exact) mass is 518 g/mol. The first-order chi connectivity index (χ1) is 17.9. The number of barbiturate groups is 1. The molecule has 1 aliphatic heterocycles. The zero-order valence-electron chi connectivity index (χ0n) is 19.9. The summed E-state index contributed by atoms with van der Waals surface area (Å²) in [7, 11) is 1.51. The standard InChI is InChI=1S/C28H23ClN2O6/c1-3-14-36-25-16-22(35-2)11-8-18(25)15-23-26(32)30-28(34)31(27(23)33)20-9-12-21(13-10-20)37-17-19-6-4-5-7-24(19)29/h3-13,15-16H,1,14,17H2,2H3,(H,30,32,34)/b23-15+. The number of anilines is 1. The number of carbonyl (C=O) groups is 3. The van der Waals surface area contributed by atoms with Gasteiger partial charge >= 0.3 is 6.03 Å². The number of nitrogens with one attached hydrogen (secondary N) is 1. The molecule has 37 heavy (non-hydrogen) atoms. The second kappa shape index (κ2) is 11.5. The molecule has 4 rings (SSSR count). The average Bonchev–Trinajstić information content (AvgIpc) is 2.90. The van der Waals surface area contributed by atoms with Crippen LogP contribution in [0.3, 0.4) is 0 Å². The minimum Gasteiger partial charge on any atom is -0.497 e. The lowest BCUT2D eigenvalue weighted by atomic mass is 10.1. The third-order valence-corrected chi connectivity index (χ3v) is 5.79. The van der Waals surface area contributed by atoms with Crippen LogP contribution in [-0.4, -0.2) is 31.6 Å². The first kappa shape index (κ1) is 25.5. The van der Waals surface area contributed by atoms with Crippen LogP contribution in [0.2, 0.25) is 5.02 Å². The molecule has 0 atom stereocenters. The van der Waals surface area contributed by atoms with E-state index in [1.54, 1.807) is 54.6 Å². The van der Waals surface area contributed by atoms with Gasteiger partial charge in [0.15, 0.2) is 0 Å². The zero-order chi connectivity index (χ0) is 26.4. The van der Waals surface area contributed by atoms with Gasteiger partial charge in [-0.15, -0.1) is 0 Å². The van der Waals surface area contributed by atoms with Crippen LogP contribution in [0.25, 0.3) is 6.08 Å². The molecule has 0 unspecified atom stereocenters. The van der Waals surface area contributed by atoms with E-state index < -0.39 is 17.8 Å². The predicted octanol–water partition coefficient (Wildman–Crippen LogP) is 5.16. The molecule has 1 N–H and O–H groups in total. The van der Waals surface area contributed by atoms with Gasteiger partial charge in [-0.3, -0.25) is 14.9 Å². The quantitative estimate of drug-likeness (QED) is 0.239. The lowest BCUT2D eigenvalue weighted by Gasteiger charge is -2.26. The number of halogens is 1. The molecule has 4 amide bonds. The van der Waals surface area contributed by atoms with Gasteiger partial charge < -0.3 is 14.2 Å². The Labute approximate surface area is 218 Å². The normalized spacial score (nSPS) is 14.4. The van der Waals surface area contributed by atoms with E-state index in [4.69, 9.17) is 25.8 Å². The Morgan fingerprint density at radius 1 is 0.973 bits per heavy atom. The van der Waals surface area contributed by atoms with Gasteiger partial charge in [-0.2, -0.15) is 0 Å². The molecule has 3 aromatic carbocycles. The Morgan fingerprint density at radius 2 is 1.70 bits per heavy atom. The summed E-state index contributed by atoms with van der Waals surface area (Å²) in [6.07, 6.45) is 2.94. The smallest absolute Gasteiger partial charge is 0.335 e. The Kier molecular flexibility index (Phi) is 7.90. The van der Waals surface area contributed by atoms with E-state index in [0.717, 1.165) is 10.5 Å². The van der Waals surface area contributed by atoms with Crippen molar-refractivity contribution >= 4 is 41.2 Å². The van der Waals surface area contributed by atoms with Gasteiger partial charge in [-0.05, 0) is 48.5 Å². The fourth-order valence-corrected chi connectivity index (χ4v) is 3.74. The summed E-state index contributed by atoms with van der Waals surface area (Å²) in [4.78, 5) is 39.3. The third kappa shape index (κ3) is 5.82. The molecule has 0 spiro atoms. The number of urea groups is 1. The van der Waals surface area contributed by atoms with Crippen molar-refractivity contribution < 1.29 is 28.6 Å². The summed E-state index contributed by atoms with van der Waals surface area (Å²) >= 11 is 6.16. The van der Waals surface area contributed by atoms with E-state index in [1.807, 2.05) is 18.2 Å². The first-order valence-corrected chi connectivity index (χ1v) is 11.6. The summed E-state index contributed by atoms with van der Waals surface area (Å²) in [5.41, 5.74) is 1.32. The number of hydrogen-bond donors (Lipinski definition) is 1. The summed E-state index contributed by atoms with van der Waals surface area (Å²) in [6.45, 7) is 4.09. The highest BCUT2D eigenvalue weighted by atomic mass is 35.5. The SMILES string of the molecule is C=CCOc1cc(OC)ccc1/C=C1\C(=O)NC(=O)N(c2ccc(OCc3ccccc3Cl)cc2)C1=O. The van der Waals surface area contributed by atoms with Gasteiger partial charge in [0.2, 0.25) is 0 Å². The van der Waals surface area contributed by atoms with Crippen molar-refractivity contribution in [3.63, 3.8) is 0 Å². The molecule has 9 heteroatoms. The van der Waals surface area contributed by atoms with Crippen molar-refractivity contribution in [1.82, 2.24) is 5.32 Å². The van der Waals surface area contributed by atoms with Crippen LogP contribution in [0.5, 0.6) is 17.2 Å². The Balaban J connectivity index is 1.57. The van der Waals surface area contributed by atoms with Crippen LogP contribution in [0, 0.1) is 0 Å². The molecule has 8 nitrogen and oxygen atoms in total. The highest BCUT2D eigenvalue weighted by molar-refractivity contribution is 6.39. The third-order valence-electron chi connectivity index (χ3n) is 5.43. The van der Waals surface area contributed by atoms with Crippen LogP contribution in [0.1, 0.15) is 11.1 Å². The number of nitrogens with zero attached hydrogens (tertiary/aromatic N) is 1. The van der Waals surface area contributed by atoms with Gasteiger partial charge in [0.1, 0.15) is 36.0 Å². The minimum absolute atomic E-state index is 0.207. The fraction of sp³-hybridized carbons (Fsp3) is 0.107. The molecule has 0 saturated carbocycles. The van der Waals surface area contributed by atoms with Gasteiger partial charge in [0.25, 0.3) is 11.8 Å². The van der Waals surface area contributed by atoms with Crippen molar-refractivity contribution in [2.45, 2.75) is 6.61 Å². The molecule has 1 heterocycles. The van der Waals surface area contributed by atoms with Gasteiger partial charge in [0.05, 0.1) is 12.8 Å². The summed E-state index contributed by atoms with van der Waals surface area (Å²) < 4.78 is 16.7. The maximum absolute atomic E-state index is 13.3.